The molecule has 0 aliphatic heterocycles. The van der Waals surface area contributed by atoms with Crippen LogP contribution in [-0.4, -0.2) is 10.6 Å². The quantitative estimate of drug-likeness (QED) is 0.943. The summed E-state index contributed by atoms with van der Waals surface area (Å²) in [6.45, 7) is 6.12. The van der Waals surface area contributed by atoms with Crippen LogP contribution in [-0.2, 0) is 0 Å². The lowest BCUT2D eigenvalue weighted by Gasteiger charge is -2.21. The Labute approximate surface area is 137 Å². The van der Waals surface area contributed by atoms with Crippen molar-refractivity contribution in [3.05, 3.63) is 62.9 Å². The third-order valence-corrected chi connectivity index (χ3v) is 4.62. The maximum absolute atomic E-state index is 12.4. The van der Waals surface area contributed by atoms with Crippen LogP contribution < -0.4 is 21.3 Å². The minimum Gasteiger partial charge on any atom is -0.388 e. The molecule has 1 N–H and O–H groups in total. The van der Waals surface area contributed by atoms with Crippen molar-refractivity contribution in [3.63, 3.8) is 0 Å². The smallest absolute Gasteiger partial charge is 0.191 e. The first kappa shape index (κ1) is 15.6. The number of aromatic nitrogens is 1. The van der Waals surface area contributed by atoms with Gasteiger partial charge in [-0.25, -0.2) is 0 Å². The fraction of sp³-hybridized carbons (Fsp3) is 0.350. The minimum absolute atomic E-state index is 0.0305. The van der Waals surface area contributed by atoms with Crippen molar-refractivity contribution >= 4 is 12.8 Å². The lowest BCUT2D eigenvalue weighted by molar-refractivity contribution is 0.412. The Kier molecular flexibility index (Phi) is 4.65. The van der Waals surface area contributed by atoms with Crippen LogP contribution in [0.2, 0.25) is 0 Å². The molecule has 0 amide bonds. The summed E-state index contributed by atoms with van der Waals surface area (Å²) < 4.78 is 2.04. The third kappa shape index (κ3) is 3.39. The molecule has 1 aliphatic rings. The van der Waals surface area contributed by atoms with E-state index in [1.54, 1.807) is 6.07 Å². The molecule has 1 aromatic carbocycles. The Balaban J connectivity index is 2.04. The molecule has 1 fully saturated rings. The highest BCUT2D eigenvalue weighted by atomic mass is 16.1. The summed E-state index contributed by atoms with van der Waals surface area (Å²) >= 11 is 0. The summed E-state index contributed by atoms with van der Waals surface area (Å²) in [4.78, 5) is 12.4. The number of nitrogens with one attached hydrogen (secondary N) is 1. The molecule has 0 saturated heterocycles. The van der Waals surface area contributed by atoms with E-state index in [1.165, 1.54) is 32.1 Å². The van der Waals surface area contributed by atoms with Crippen LogP contribution in [0.5, 0.6) is 0 Å². The molecule has 0 bridgehead atoms. The summed E-state index contributed by atoms with van der Waals surface area (Å²) in [5, 5.41) is 4.84. The molecule has 1 aliphatic carbocycles. The van der Waals surface area contributed by atoms with Gasteiger partial charge in [-0.2, -0.15) is 0 Å². The van der Waals surface area contributed by atoms with E-state index in [1.807, 2.05) is 48.0 Å². The zero-order valence-corrected chi connectivity index (χ0v) is 13.7. The maximum Gasteiger partial charge on any atom is 0.191 e. The fourth-order valence-corrected chi connectivity index (χ4v) is 3.37. The number of nitrogens with zero attached hydrogens (tertiary/aromatic N) is 1. The molecule has 120 valence electrons. The van der Waals surface area contributed by atoms with Gasteiger partial charge in [0.15, 0.2) is 5.43 Å². The van der Waals surface area contributed by atoms with Crippen molar-refractivity contribution in [2.75, 3.05) is 0 Å². The van der Waals surface area contributed by atoms with Crippen LogP contribution in [0.15, 0.2) is 41.2 Å². The number of hydrogen-bond acceptors (Lipinski definition) is 2. The summed E-state index contributed by atoms with van der Waals surface area (Å²) in [6, 6.07) is 12.2. The maximum atomic E-state index is 12.4. The zero-order chi connectivity index (χ0) is 16.2. The average molecular weight is 308 g/mol. The van der Waals surface area contributed by atoms with Crippen LogP contribution in [0.4, 0.5) is 0 Å². The topological polar surface area (TPSA) is 34.0 Å². The molecular formula is C20H24N2O. The van der Waals surface area contributed by atoms with Gasteiger partial charge < -0.3 is 9.88 Å². The summed E-state index contributed by atoms with van der Waals surface area (Å²) in [5.41, 5.74) is 1.96. The second-order valence-corrected chi connectivity index (χ2v) is 6.33. The molecule has 0 unspecified atom stereocenters. The van der Waals surface area contributed by atoms with Crippen LogP contribution in [0.3, 0.4) is 0 Å². The number of para-hydroxylation sites is 1. The predicted molar refractivity (Wildman–Crippen MR) is 96.0 cm³/mol. The molecule has 1 heterocycles. The summed E-state index contributed by atoms with van der Waals surface area (Å²) in [6.07, 6.45) is 8.10. The van der Waals surface area contributed by atoms with Gasteiger partial charge in [-0.15, -0.1) is 0 Å². The molecule has 1 aromatic heterocycles. The van der Waals surface area contributed by atoms with Crippen molar-refractivity contribution in [3.8, 4) is 5.69 Å². The standard InChI is InChI=1S/C20H24N2O/c1-15-13-20(23)19(14-21-17-9-5-3-6-10-17)16(2)22(15)18-11-7-4-8-12-18/h4,7-8,11-14,17,21H,2-3,5-6,9-10H2,1H3/b19-14-. The molecule has 23 heavy (non-hydrogen) atoms. The van der Waals surface area contributed by atoms with Crippen molar-refractivity contribution in [2.45, 2.75) is 45.1 Å². The van der Waals surface area contributed by atoms with E-state index >= 15 is 0 Å². The second-order valence-electron chi connectivity index (χ2n) is 6.33. The summed E-state index contributed by atoms with van der Waals surface area (Å²) in [5.74, 6) is 0. The molecule has 0 atom stereocenters. The van der Waals surface area contributed by atoms with Crippen LogP contribution in [0.1, 0.15) is 37.8 Å². The van der Waals surface area contributed by atoms with E-state index in [0.29, 0.717) is 11.3 Å². The Morgan fingerprint density at radius 3 is 2.57 bits per heavy atom. The molecule has 3 rings (SSSR count). The molecule has 3 nitrogen and oxygen atoms in total. The average Bonchev–Trinajstić information content (AvgIpc) is 2.56. The highest BCUT2D eigenvalue weighted by Crippen LogP contribution is 2.17. The lowest BCUT2D eigenvalue weighted by Crippen LogP contribution is -2.46. The van der Waals surface area contributed by atoms with E-state index in [4.69, 9.17) is 0 Å². The van der Waals surface area contributed by atoms with E-state index in [0.717, 1.165) is 16.7 Å². The minimum atomic E-state index is 0.0305. The summed E-state index contributed by atoms with van der Waals surface area (Å²) in [7, 11) is 0. The number of pyridine rings is 1. The number of rotatable bonds is 3. The van der Waals surface area contributed by atoms with Crippen molar-refractivity contribution in [1.82, 2.24) is 9.88 Å². The monoisotopic (exact) mass is 308 g/mol. The van der Waals surface area contributed by atoms with Crippen LogP contribution in [0.25, 0.3) is 18.5 Å². The van der Waals surface area contributed by atoms with E-state index in [-0.39, 0.29) is 5.43 Å². The molecule has 3 heteroatoms. The Morgan fingerprint density at radius 2 is 1.87 bits per heavy atom. The highest BCUT2D eigenvalue weighted by Gasteiger charge is 2.11. The molecule has 0 spiro atoms. The number of hydrogen-bond donors (Lipinski definition) is 1. The largest absolute Gasteiger partial charge is 0.388 e. The van der Waals surface area contributed by atoms with Gasteiger partial charge in [0.05, 0.1) is 10.6 Å². The van der Waals surface area contributed by atoms with Gasteiger partial charge in [0.25, 0.3) is 0 Å². The van der Waals surface area contributed by atoms with Gasteiger partial charge in [0, 0.05) is 29.7 Å². The highest BCUT2D eigenvalue weighted by molar-refractivity contribution is 5.36. The Hall–Kier alpha value is -2.29. The Bertz CT molecular complexity index is 830. The SMILES string of the molecule is C=c1/c(=C/NC2CCCCC2)c(=O)cc(C)n1-c1ccccc1. The van der Waals surface area contributed by atoms with Crippen molar-refractivity contribution in [2.24, 2.45) is 0 Å². The lowest BCUT2D eigenvalue weighted by atomic mass is 9.96. The fourth-order valence-electron chi connectivity index (χ4n) is 3.37. The van der Waals surface area contributed by atoms with Crippen LogP contribution >= 0.6 is 0 Å². The first-order valence-corrected chi connectivity index (χ1v) is 8.40. The zero-order valence-electron chi connectivity index (χ0n) is 13.7. The van der Waals surface area contributed by atoms with Crippen molar-refractivity contribution in [1.29, 1.82) is 0 Å². The molecule has 1 saturated carbocycles. The second kappa shape index (κ2) is 6.86. The number of benzene rings is 1. The van der Waals surface area contributed by atoms with Gasteiger partial charge in [0.2, 0.25) is 0 Å². The van der Waals surface area contributed by atoms with E-state index < -0.39 is 0 Å². The number of aryl methyl sites for hydroxylation is 1. The predicted octanol–water partition coefficient (Wildman–Crippen LogP) is 2.22. The molecular weight excluding hydrogens is 284 g/mol. The molecule has 2 aromatic rings. The van der Waals surface area contributed by atoms with Gasteiger partial charge in [-0.1, -0.05) is 44.0 Å². The van der Waals surface area contributed by atoms with Gasteiger partial charge in [0.1, 0.15) is 0 Å². The first-order chi connectivity index (χ1) is 11.2. The first-order valence-electron chi connectivity index (χ1n) is 8.40. The van der Waals surface area contributed by atoms with Gasteiger partial charge in [-0.3, -0.25) is 4.79 Å². The van der Waals surface area contributed by atoms with E-state index in [2.05, 4.69) is 11.9 Å². The normalized spacial score (nSPS) is 16.5. The van der Waals surface area contributed by atoms with Gasteiger partial charge >= 0.3 is 0 Å². The third-order valence-electron chi connectivity index (χ3n) is 4.62. The molecule has 0 radical (unpaired) electrons. The Morgan fingerprint density at radius 1 is 1.17 bits per heavy atom. The van der Waals surface area contributed by atoms with Crippen LogP contribution in [0, 0.1) is 6.92 Å². The van der Waals surface area contributed by atoms with E-state index in [9.17, 15) is 4.79 Å². The van der Waals surface area contributed by atoms with Gasteiger partial charge in [-0.05, 0) is 31.9 Å². The van der Waals surface area contributed by atoms with Crippen molar-refractivity contribution < 1.29 is 0 Å².